The van der Waals surface area contributed by atoms with Crippen molar-refractivity contribution >= 4 is 40.3 Å². The van der Waals surface area contributed by atoms with Crippen molar-refractivity contribution in [1.29, 1.82) is 0 Å². The van der Waals surface area contributed by atoms with Gasteiger partial charge in [0, 0.05) is 40.9 Å². The summed E-state index contributed by atoms with van der Waals surface area (Å²) in [5.41, 5.74) is 6.23. The molecule has 0 fully saturated rings. The number of carbonyl (C=O) groups is 2. The van der Waals surface area contributed by atoms with E-state index in [4.69, 9.17) is 4.42 Å². The van der Waals surface area contributed by atoms with E-state index in [1.165, 1.54) is 24.3 Å². The van der Waals surface area contributed by atoms with Gasteiger partial charge >= 0.3 is 0 Å². The van der Waals surface area contributed by atoms with Crippen LogP contribution in [0, 0.1) is 17.0 Å². The predicted octanol–water partition coefficient (Wildman–Crippen LogP) is 6.63. The number of carbonyl (C=O) groups excluding carboxylic acids is 2. The molecule has 0 saturated heterocycles. The first-order chi connectivity index (χ1) is 19.4. The normalized spacial score (nSPS) is 13.7. The van der Waals surface area contributed by atoms with Gasteiger partial charge in [-0.25, -0.2) is 5.43 Å². The van der Waals surface area contributed by atoms with Gasteiger partial charge in [0.1, 0.15) is 5.76 Å². The molecule has 1 aliphatic carbocycles. The number of rotatable bonds is 7. The molecule has 11 heteroatoms. The Hall–Kier alpha value is -5.45. The number of amides is 2. The molecule has 0 spiro atoms. The number of nitro groups is 1. The molecule has 0 unspecified atom stereocenters. The average Bonchev–Trinajstić information content (AvgIpc) is 3.33. The molecule has 1 aromatic heterocycles. The van der Waals surface area contributed by atoms with Crippen LogP contribution in [0.15, 0.2) is 98.6 Å². The second kappa shape index (κ2) is 11.5. The number of azo groups is 1. The molecule has 0 radical (unpaired) electrons. The quantitative estimate of drug-likeness (QED) is 0.154. The molecule has 2 N–H and O–H groups in total. The van der Waals surface area contributed by atoms with Gasteiger partial charge in [0.15, 0.2) is 5.76 Å². The molecule has 4 aromatic rings. The molecule has 0 aliphatic heterocycles. The molecule has 5 rings (SSSR count). The van der Waals surface area contributed by atoms with Crippen molar-refractivity contribution in [3.63, 3.8) is 0 Å². The lowest BCUT2D eigenvalue weighted by molar-refractivity contribution is -0.384. The summed E-state index contributed by atoms with van der Waals surface area (Å²) < 4.78 is 5.93. The molecule has 40 heavy (non-hydrogen) atoms. The molecule has 1 aliphatic rings. The van der Waals surface area contributed by atoms with E-state index in [0.29, 0.717) is 46.8 Å². The second-order valence-electron chi connectivity index (χ2n) is 9.05. The van der Waals surface area contributed by atoms with Crippen LogP contribution in [0.2, 0.25) is 0 Å². The number of hydrazone groups is 1. The van der Waals surface area contributed by atoms with E-state index in [1.807, 2.05) is 30.3 Å². The minimum absolute atomic E-state index is 0.117. The maximum Gasteiger partial charge on any atom is 0.291 e. The van der Waals surface area contributed by atoms with E-state index in [2.05, 4.69) is 26.1 Å². The number of fused-ring (bicyclic) bond motifs is 1. The number of nitrogens with zero attached hydrogens (tertiary/aromatic N) is 4. The number of hydrogen-bond donors (Lipinski definition) is 2. The summed E-state index contributed by atoms with van der Waals surface area (Å²) in [5.74, 6) is -0.203. The number of nitro benzene ring substituents is 1. The lowest BCUT2D eigenvalue weighted by Gasteiger charge is -2.13. The summed E-state index contributed by atoms with van der Waals surface area (Å²) >= 11 is 0. The number of non-ortho nitro benzene ring substituents is 1. The van der Waals surface area contributed by atoms with E-state index < -0.39 is 16.7 Å². The molecule has 0 saturated carbocycles. The van der Waals surface area contributed by atoms with Gasteiger partial charge in [0.05, 0.1) is 22.0 Å². The number of furan rings is 1. The SMILES string of the molecule is Cc1c(C(=O)Nc2ccc(N=Nc3ccccc3)cc2)oc2c1/C(=N/NC(=O)c1cccc([N+](=O)[O-])c1)CCC2. The summed E-state index contributed by atoms with van der Waals surface area (Å²) in [7, 11) is 0. The average molecular weight is 537 g/mol. The maximum atomic E-state index is 13.1. The lowest BCUT2D eigenvalue weighted by Crippen LogP contribution is -2.22. The zero-order valence-corrected chi connectivity index (χ0v) is 21.5. The fourth-order valence-corrected chi connectivity index (χ4v) is 4.35. The number of hydrogen-bond acceptors (Lipinski definition) is 8. The first-order valence-electron chi connectivity index (χ1n) is 12.5. The number of benzene rings is 3. The van der Waals surface area contributed by atoms with Gasteiger partial charge in [-0.1, -0.05) is 24.3 Å². The molecule has 0 bridgehead atoms. The van der Waals surface area contributed by atoms with Crippen molar-refractivity contribution < 1.29 is 18.9 Å². The van der Waals surface area contributed by atoms with Gasteiger partial charge in [-0.2, -0.15) is 15.3 Å². The van der Waals surface area contributed by atoms with Crippen LogP contribution < -0.4 is 10.7 Å². The Balaban J connectivity index is 1.29. The van der Waals surface area contributed by atoms with E-state index in [0.717, 1.165) is 12.1 Å². The number of aryl methyl sites for hydroxylation is 1. The second-order valence-corrected chi connectivity index (χ2v) is 9.05. The molecule has 2 amide bonds. The Labute approximate surface area is 228 Å². The standard InChI is InChI=1S/C29H24N6O5/c1-18-26-24(33-34-28(36)19-7-5-10-23(17-19)35(38)39)11-6-12-25(26)40-27(18)29(37)30-20-13-15-22(16-14-20)32-31-21-8-3-2-4-9-21/h2-5,7-10,13-17H,6,11-12H2,1H3,(H,30,37)(H,34,36)/b32-31?,33-24+. The summed E-state index contributed by atoms with van der Waals surface area (Å²) in [6, 6.07) is 21.7. The smallest absolute Gasteiger partial charge is 0.291 e. The molecule has 200 valence electrons. The van der Waals surface area contributed by atoms with Gasteiger partial charge < -0.3 is 9.73 Å². The highest BCUT2D eigenvalue weighted by Crippen LogP contribution is 2.30. The van der Waals surface area contributed by atoms with Crippen LogP contribution in [0.25, 0.3) is 0 Å². The Morgan fingerprint density at radius 1 is 0.900 bits per heavy atom. The Kier molecular flexibility index (Phi) is 7.54. The zero-order valence-electron chi connectivity index (χ0n) is 21.5. The molecule has 0 atom stereocenters. The summed E-state index contributed by atoms with van der Waals surface area (Å²) in [6.45, 7) is 1.77. The monoisotopic (exact) mass is 536 g/mol. The van der Waals surface area contributed by atoms with Crippen molar-refractivity contribution in [1.82, 2.24) is 5.43 Å². The van der Waals surface area contributed by atoms with E-state index in [-0.39, 0.29) is 17.0 Å². The van der Waals surface area contributed by atoms with Crippen molar-refractivity contribution in [3.05, 3.63) is 117 Å². The number of anilines is 1. The third kappa shape index (κ3) is 5.83. The van der Waals surface area contributed by atoms with Crippen molar-refractivity contribution in [3.8, 4) is 0 Å². The van der Waals surface area contributed by atoms with Crippen molar-refractivity contribution in [2.45, 2.75) is 26.2 Å². The van der Waals surface area contributed by atoms with Crippen LogP contribution in [0.1, 0.15) is 50.6 Å². The van der Waals surface area contributed by atoms with Crippen LogP contribution >= 0.6 is 0 Å². The molecule has 3 aromatic carbocycles. The fraction of sp³-hybridized carbons (Fsp3) is 0.138. The van der Waals surface area contributed by atoms with Crippen LogP contribution in [0.4, 0.5) is 22.7 Å². The minimum atomic E-state index is -0.575. The molecular formula is C29H24N6O5. The largest absolute Gasteiger partial charge is 0.455 e. The van der Waals surface area contributed by atoms with Gasteiger partial charge in [-0.15, -0.1) is 0 Å². The topological polar surface area (TPSA) is 152 Å². The zero-order chi connectivity index (χ0) is 28.1. The van der Waals surface area contributed by atoms with Crippen LogP contribution in [-0.4, -0.2) is 22.4 Å². The highest BCUT2D eigenvalue weighted by atomic mass is 16.6. The highest BCUT2D eigenvalue weighted by Gasteiger charge is 2.28. The third-order valence-corrected chi connectivity index (χ3v) is 6.31. The number of nitrogens with one attached hydrogen (secondary N) is 2. The summed E-state index contributed by atoms with van der Waals surface area (Å²) in [5, 5.41) is 26.5. The molecule has 1 heterocycles. The first kappa shape index (κ1) is 26.2. The summed E-state index contributed by atoms with van der Waals surface area (Å²) in [4.78, 5) is 36.1. The maximum absolute atomic E-state index is 13.1. The van der Waals surface area contributed by atoms with Crippen molar-refractivity contribution in [2.75, 3.05) is 5.32 Å². The first-order valence-corrected chi connectivity index (χ1v) is 12.5. The fourth-order valence-electron chi connectivity index (χ4n) is 4.35. The van der Waals surface area contributed by atoms with Crippen LogP contribution in [-0.2, 0) is 6.42 Å². The minimum Gasteiger partial charge on any atom is -0.455 e. The van der Waals surface area contributed by atoms with E-state index in [9.17, 15) is 19.7 Å². The van der Waals surface area contributed by atoms with Crippen molar-refractivity contribution in [2.24, 2.45) is 15.3 Å². The summed E-state index contributed by atoms with van der Waals surface area (Å²) in [6.07, 6.45) is 1.93. The Morgan fingerprint density at radius 2 is 1.62 bits per heavy atom. The predicted molar refractivity (Wildman–Crippen MR) is 148 cm³/mol. The third-order valence-electron chi connectivity index (χ3n) is 6.31. The molecule has 11 nitrogen and oxygen atoms in total. The highest BCUT2D eigenvalue weighted by molar-refractivity contribution is 6.09. The van der Waals surface area contributed by atoms with Gasteiger partial charge in [0.25, 0.3) is 17.5 Å². The molecular weight excluding hydrogens is 512 g/mol. The van der Waals surface area contributed by atoms with Crippen LogP contribution in [0.3, 0.4) is 0 Å². The Morgan fingerprint density at radius 3 is 2.35 bits per heavy atom. The van der Waals surface area contributed by atoms with Gasteiger partial charge in [-0.3, -0.25) is 19.7 Å². The van der Waals surface area contributed by atoms with Gasteiger partial charge in [-0.05, 0) is 62.2 Å². The van der Waals surface area contributed by atoms with E-state index in [1.54, 1.807) is 31.2 Å². The lowest BCUT2D eigenvalue weighted by atomic mass is 9.93. The Bertz CT molecular complexity index is 1640. The van der Waals surface area contributed by atoms with Crippen LogP contribution in [0.5, 0.6) is 0 Å². The van der Waals surface area contributed by atoms with E-state index >= 15 is 0 Å². The van der Waals surface area contributed by atoms with Gasteiger partial charge in [0.2, 0.25) is 0 Å².